The minimum absolute atomic E-state index is 0.00866. The molecule has 0 unspecified atom stereocenters. The van der Waals surface area contributed by atoms with Crippen molar-refractivity contribution in [2.24, 2.45) is 5.92 Å². The van der Waals surface area contributed by atoms with Crippen molar-refractivity contribution in [1.82, 2.24) is 0 Å². The lowest BCUT2D eigenvalue weighted by Gasteiger charge is -2.31. The monoisotopic (exact) mass is 172 g/mol. The van der Waals surface area contributed by atoms with Crippen molar-refractivity contribution < 1.29 is 9.84 Å². The fraction of sp³-hybridized carbons (Fsp3) is 1.00. The summed E-state index contributed by atoms with van der Waals surface area (Å²) in [6.45, 7) is 3.97. The quantitative estimate of drug-likeness (QED) is 0.621. The average Bonchev–Trinajstić information content (AvgIpc) is 2.00. The zero-order valence-corrected chi connectivity index (χ0v) is 7.96. The van der Waals surface area contributed by atoms with Gasteiger partial charge in [0.05, 0.1) is 6.10 Å². The molecule has 1 rings (SSSR count). The minimum atomic E-state index is -0.00866. The van der Waals surface area contributed by atoms with E-state index in [0.717, 1.165) is 38.4 Å². The third-order valence-corrected chi connectivity index (χ3v) is 2.52. The molecule has 2 nitrogen and oxygen atoms in total. The second-order valence-corrected chi connectivity index (χ2v) is 3.75. The number of unbranched alkanes of at least 4 members (excludes halogenated alkanes) is 1. The van der Waals surface area contributed by atoms with Gasteiger partial charge in [0.2, 0.25) is 0 Å². The van der Waals surface area contributed by atoms with E-state index in [9.17, 15) is 0 Å². The molecule has 12 heavy (non-hydrogen) atoms. The van der Waals surface area contributed by atoms with Gasteiger partial charge in [-0.15, -0.1) is 0 Å². The van der Waals surface area contributed by atoms with Crippen molar-refractivity contribution in [2.75, 3.05) is 13.2 Å². The molecule has 0 aromatic heterocycles. The lowest BCUT2D eigenvalue weighted by Crippen LogP contribution is -2.29. The van der Waals surface area contributed by atoms with Crippen LogP contribution < -0.4 is 0 Å². The van der Waals surface area contributed by atoms with E-state index in [0.29, 0.717) is 0 Å². The van der Waals surface area contributed by atoms with E-state index in [1.165, 1.54) is 12.8 Å². The Morgan fingerprint density at radius 1 is 1.33 bits per heavy atom. The van der Waals surface area contributed by atoms with E-state index >= 15 is 0 Å². The molecule has 0 atom stereocenters. The maximum absolute atomic E-state index is 9.02. The number of aliphatic hydroxyl groups is 1. The maximum atomic E-state index is 9.02. The summed E-state index contributed by atoms with van der Waals surface area (Å²) in [6.07, 6.45) is 5.51. The van der Waals surface area contributed by atoms with Crippen LogP contribution >= 0.6 is 0 Å². The van der Waals surface area contributed by atoms with Crippen molar-refractivity contribution >= 4 is 0 Å². The van der Waals surface area contributed by atoms with Crippen LogP contribution in [0.5, 0.6) is 0 Å². The smallest absolute Gasteiger partial charge is 0.0545 e. The largest absolute Gasteiger partial charge is 0.393 e. The van der Waals surface area contributed by atoms with Gasteiger partial charge in [-0.3, -0.25) is 0 Å². The molecular weight excluding hydrogens is 152 g/mol. The highest BCUT2D eigenvalue weighted by Gasteiger charge is 2.26. The summed E-state index contributed by atoms with van der Waals surface area (Å²) in [7, 11) is 0. The van der Waals surface area contributed by atoms with Crippen LogP contribution in [0.15, 0.2) is 0 Å². The van der Waals surface area contributed by atoms with Gasteiger partial charge in [0.25, 0.3) is 0 Å². The van der Waals surface area contributed by atoms with Crippen LogP contribution in [0.2, 0.25) is 0 Å². The van der Waals surface area contributed by atoms with Gasteiger partial charge in [-0.2, -0.15) is 0 Å². The zero-order valence-electron chi connectivity index (χ0n) is 7.96. The second-order valence-electron chi connectivity index (χ2n) is 3.75. The standard InChI is InChI=1S/C10H20O2/c1-2-3-5-12-6-4-9-7-10(11)8-9/h9-11H,2-8H2,1H3. The Hall–Kier alpha value is -0.0800. The fourth-order valence-electron chi connectivity index (χ4n) is 1.53. The van der Waals surface area contributed by atoms with Crippen molar-refractivity contribution in [2.45, 2.75) is 45.1 Å². The summed E-state index contributed by atoms with van der Waals surface area (Å²) < 4.78 is 5.43. The highest BCUT2D eigenvalue weighted by atomic mass is 16.5. The van der Waals surface area contributed by atoms with Gasteiger partial charge < -0.3 is 9.84 Å². The lowest BCUT2D eigenvalue weighted by atomic mass is 9.80. The first-order valence-corrected chi connectivity index (χ1v) is 5.08. The topological polar surface area (TPSA) is 29.5 Å². The highest BCUT2D eigenvalue weighted by Crippen LogP contribution is 2.29. The summed E-state index contributed by atoms with van der Waals surface area (Å²) >= 11 is 0. The van der Waals surface area contributed by atoms with Gasteiger partial charge in [0, 0.05) is 13.2 Å². The van der Waals surface area contributed by atoms with Gasteiger partial charge >= 0.3 is 0 Å². The molecule has 1 saturated carbocycles. The van der Waals surface area contributed by atoms with E-state index in [2.05, 4.69) is 6.92 Å². The molecule has 0 bridgehead atoms. The van der Waals surface area contributed by atoms with Crippen molar-refractivity contribution in [3.63, 3.8) is 0 Å². The van der Waals surface area contributed by atoms with E-state index in [4.69, 9.17) is 9.84 Å². The Balaban J connectivity index is 1.77. The first-order valence-electron chi connectivity index (χ1n) is 5.08. The van der Waals surface area contributed by atoms with Gasteiger partial charge in [-0.25, -0.2) is 0 Å². The van der Waals surface area contributed by atoms with E-state index in [-0.39, 0.29) is 6.10 Å². The molecule has 72 valence electrons. The second kappa shape index (κ2) is 5.55. The van der Waals surface area contributed by atoms with Crippen molar-refractivity contribution in [3.8, 4) is 0 Å². The first kappa shape index (κ1) is 10.0. The fourth-order valence-corrected chi connectivity index (χ4v) is 1.53. The lowest BCUT2D eigenvalue weighted by molar-refractivity contribution is 0.0208. The third kappa shape index (κ3) is 3.55. The van der Waals surface area contributed by atoms with Crippen molar-refractivity contribution in [1.29, 1.82) is 0 Å². The van der Waals surface area contributed by atoms with Crippen molar-refractivity contribution in [3.05, 3.63) is 0 Å². The molecule has 0 heterocycles. The third-order valence-electron chi connectivity index (χ3n) is 2.52. The minimum Gasteiger partial charge on any atom is -0.393 e. The first-order chi connectivity index (χ1) is 5.83. The predicted molar refractivity (Wildman–Crippen MR) is 49.1 cm³/mol. The molecule has 0 amide bonds. The van der Waals surface area contributed by atoms with Gasteiger partial charge in [-0.05, 0) is 31.6 Å². The number of hydrogen-bond donors (Lipinski definition) is 1. The van der Waals surface area contributed by atoms with Crippen LogP contribution in [-0.2, 0) is 4.74 Å². The zero-order chi connectivity index (χ0) is 8.81. The highest BCUT2D eigenvalue weighted by molar-refractivity contribution is 4.77. The maximum Gasteiger partial charge on any atom is 0.0545 e. The van der Waals surface area contributed by atoms with E-state index < -0.39 is 0 Å². The Labute approximate surface area is 74.9 Å². The van der Waals surface area contributed by atoms with Crippen LogP contribution in [0.25, 0.3) is 0 Å². The number of rotatable bonds is 6. The summed E-state index contributed by atoms with van der Waals surface area (Å²) in [5.41, 5.74) is 0. The molecule has 0 spiro atoms. The van der Waals surface area contributed by atoms with Crippen LogP contribution in [0.4, 0.5) is 0 Å². The summed E-state index contributed by atoms with van der Waals surface area (Å²) in [5.74, 6) is 0.738. The molecular formula is C10H20O2. The summed E-state index contributed by atoms with van der Waals surface area (Å²) in [6, 6.07) is 0. The van der Waals surface area contributed by atoms with Crippen LogP contribution in [0.1, 0.15) is 39.0 Å². The van der Waals surface area contributed by atoms with Gasteiger partial charge in [-0.1, -0.05) is 13.3 Å². The molecule has 1 aliphatic rings. The predicted octanol–water partition coefficient (Wildman–Crippen LogP) is 1.96. The number of aliphatic hydroxyl groups excluding tert-OH is 1. The molecule has 0 radical (unpaired) electrons. The molecule has 0 aromatic rings. The Morgan fingerprint density at radius 3 is 2.67 bits per heavy atom. The Morgan fingerprint density at radius 2 is 2.08 bits per heavy atom. The summed E-state index contributed by atoms with van der Waals surface area (Å²) in [5, 5.41) is 9.02. The van der Waals surface area contributed by atoms with Crippen LogP contribution in [0.3, 0.4) is 0 Å². The molecule has 1 fully saturated rings. The van der Waals surface area contributed by atoms with Gasteiger partial charge in [0.15, 0.2) is 0 Å². The number of hydrogen-bond acceptors (Lipinski definition) is 2. The Bertz CT molecular complexity index is 108. The Kier molecular flexibility index (Phi) is 4.62. The molecule has 1 aliphatic carbocycles. The van der Waals surface area contributed by atoms with E-state index in [1.807, 2.05) is 0 Å². The normalized spacial score (nSPS) is 28.5. The average molecular weight is 172 g/mol. The van der Waals surface area contributed by atoms with Gasteiger partial charge in [0.1, 0.15) is 0 Å². The molecule has 0 aromatic carbocycles. The number of ether oxygens (including phenoxy) is 1. The molecule has 0 saturated heterocycles. The SMILES string of the molecule is CCCCOCCC1CC(O)C1. The van der Waals surface area contributed by atoms with Crippen LogP contribution in [0, 0.1) is 5.92 Å². The molecule has 0 aliphatic heterocycles. The summed E-state index contributed by atoms with van der Waals surface area (Å²) in [4.78, 5) is 0. The molecule has 1 N–H and O–H groups in total. The van der Waals surface area contributed by atoms with Crippen LogP contribution in [-0.4, -0.2) is 24.4 Å². The van der Waals surface area contributed by atoms with E-state index in [1.54, 1.807) is 0 Å². The molecule has 2 heteroatoms.